The van der Waals surface area contributed by atoms with E-state index in [9.17, 15) is 14.0 Å². The zero-order valence-corrected chi connectivity index (χ0v) is 18.7. The molecule has 172 valence electrons. The van der Waals surface area contributed by atoms with E-state index in [4.69, 9.17) is 14.2 Å². The molecule has 0 spiro atoms. The summed E-state index contributed by atoms with van der Waals surface area (Å²) in [5.74, 6) is -0.255. The quantitative estimate of drug-likeness (QED) is 0.533. The molecule has 33 heavy (non-hydrogen) atoms. The first-order valence-corrected chi connectivity index (χ1v) is 10.7. The predicted octanol–water partition coefficient (Wildman–Crippen LogP) is 4.52. The van der Waals surface area contributed by atoms with Gasteiger partial charge in [-0.15, -0.1) is 0 Å². The molecular formula is C25H25FN2O5. The molecule has 8 heteroatoms. The topological polar surface area (TPSA) is 80.9 Å². The van der Waals surface area contributed by atoms with Gasteiger partial charge in [-0.3, -0.25) is 4.79 Å². The van der Waals surface area contributed by atoms with Crippen molar-refractivity contribution in [2.45, 2.75) is 33.9 Å². The van der Waals surface area contributed by atoms with Gasteiger partial charge < -0.3 is 24.1 Å². The Hall–Kier alpha value is -3.81. The third-order valence-electron chi connectivity index (χ3n) is 5.62. The second kappa shape index (κ2) is 9.36. The lowest BCUT2D eigenvalue weighted by Crippen LogP contribution is -2.31. The van der Waals surface area contributed by atoms with Gasteiger partial charge in [0.1, 0.15) is 11.5 Å². The molecule has 0 unspecified atom stereocenters. The van der Waals surface area contributed by atoms with Crippen LogP contribution in [0, 0.1) is 19.7 Å². The van der Waals surface area contributed by atoms with Crippen molar-refractivity contribution in [3.05, 3.63) is 81.9 Å². The number of ether oxygens (including phenoxy) is 3. The number of fused-ring (bicyclic) bond motifs is 1. The van der Waals surface area contributed by atoms with Gasteiger partial charge in [0.2, 0.25) is 6.79 Å². The summed E-state index contributed by atoms with van der Waals surface area (Å²) in [7, 11) is 0. The molecule has 3 aromatic rings. The van der Waals surface area contributed by atoms with E-state index < -0.39 is 17.7 Å². The van der Waals surface area contributed by atoms with Crippen molar-refractivity contribution in [1.29, 1.82) is 0 Å². The van der Waals surface area contributed by atoms with Gasteiger partial charge >= 0.3 is 5.97 Å². The highest BCUT2D eigenvalue weighted by Gasteiger charge is 2.25. The van der Waals surface area contributed by atoms with Crippen molar-refractivity contribution in [1.82, 2.24) is 9.88 Å². The Kier molecular flexibility index (Phi) is 6.35. The molecule has 0 fully saturated rings. The average molecular weight is 452 g/mol. The number of aryl methyl sites for hydroxylation is 1. The third kappa shape index (κ3) is 4.55. The molecule has 1 N–H and O–H groups in total. The van der Waals surface area contributed by atoms with Gasteiger partial charge in [-0.05, 0) is 61.7 Å². The number of aromatic amines is 1. The van der Waals surface area contributed by atoms with Crippen molar-refractivity contribution < 1.29 is 28.2 Å². The maximum Gasteiger partial charge on any atom is 0.355 e. The minimum atomic E-state index is -0.590. The first-order chi connectivity index (χ1) is 15.9. The maximum absolute atomic E-state index is 14.5. The molecular weight excluding hydrogens is 427 g/mol. The number of carbonyl (C=O) groups excluding carboxylic acids is 2. The molecule has 1 aliphatic rings. The van der Waals surface area contributed by atoms with Gasteiger partial charge in [0, 0.05) is 18.8 Å². The van der Waals surface area contributed by atoms with E-state index in [1.54, 1.807) is 36.9 Å². The van der Waals surface area contributed by atoms with E-state index in [1.807, 2.05) is 19.1 Å². The van der Waals surface area contributed by atoms with Crippen LogP contribution in [0.1, 0.15) is 50.2 Å². The Morgan fingerprint density at radius 1 is 1.09 bits per heavy atom. The normalized spacial score (nSPS) is 12.0. The highest BCUT2D eigenvalue weighted by molar-refractivity contribution is 5.94. The minimum Gasteiger partial charge on any atom is -0.461 e. The molecule has 2 heterocycles. The number of benzene rings is 2. The lowest BCUT2D eigenvalue weighted by atomic mass is 10.1. The van der Waals surface area contributed by atoms with Crippen LogP contribution in [0.15, 0.2) is 42.5 Å². The molecule has 0 bridgehead atoms. The summed E-state index contributed by atoms with van der Waals surface area (Å²) in [6.07, 6.45) is 0. The van der Waals surface area contributed by atoms with Gasteiger partial charge in [0.05, 0.1) is 12.2 Å². The Morgan fingerprint density at radius 3 is 2.61 bits per heavy atom. The molecule has 0 atom stereocenters. The second-order valence-electron chi connectivity index (χ2n) is 7.78. The number of nitrogens with zero attached hydrogens (tertiary/aromatic N) is 1. The Labute approximate surface area is 191 Å². The molecule has 2 aromatic carbocycles. The van der Waals surface area contributed by atoms with Gasteiger partial charge in [-0.1, -0.05) is 18.2 Å². The first-order valence-electron chi connectivity index (χ1n) is 10.7. The van der Waals surface area contributed by atoms with Crippen LogP contribution in [0.25, 0.3) is 0 Å². The molecule has 1 aromatic heterocycles. The van der Waals surface area contributed by atoms with Crippen LogP contribution >= 0.6 is 0 Å². The molecule has 0 saturated carbocycles. The summed E-state index contributed by atoms with van der Waals surface area (Å²) in [4.78, 5) is 30.3. The van der Waals surface area contributed by atoms with Crippen LogP contribution in [-0.4, -0.2) is 35.2 Å². The van der Waals surface area contributed by atoms with Crippen molar-refractivity contribution >= 4 is 11.9 Å². The summed E-state index contributed by atoms with van der Waals surface area (Å²) in [6, 6.07) is 11.3. The summed E-state index contributed by atoms with van der Waals surface area (Å²) in [5.41, 5.74) is 3.36. The number of nitrogens with one attached hydrogen (secondary N) is 1. The standard InChI is InChI=1S/C25H25FN2O5/c1-4-31-25(30)23-15(2)19(16(3)27-23)13-28(24(29)18-7-5-6-8-20(18)26)12-17-9-10-21-22(11-17)33-14-32-21/h5-11,27H,4,12-14H2,1-3H3. The summed E-state index contributed by atoms with van der Waals surface area (Å²) in [5, 5.41) is 0. The van der Waals surface area contributed by atoms with Gasteiger partial charge in [0.25, 0.3) is 5.91 Å². The molecule has 1 aliphatic heterocycles. The fourth-order valence-corrected chi connectivity index (χ4v) is 3.89. The number of hydrogen-bond donors (Lipinski definition) is 1. The van der Waals surface area contributed by atoms with E-state index in [0.717, 1.165) is 16.8 Å². The molecule has 7 nitrogen and oxygen atoms in total. The third-order valence-corrected chi connectivity index (χ3v) is 5.62. The van der Waals surface area contributed by atoms with Crippen LogP contribution in [-0.2, 0) is 17.8 Å². The molecule has 1 amide bonds. The molecule has 0 saturated heterocycles. The first kappa shape index (κ1) is 22.4. The number of amides is 1. The summed E-state index contributed by atoms with van der Waals surface area (Å²) < 4.78 is 30.4. The fraction of sp³-hybridized carbons (Fsp3) is 0.280. The zero-order chi connectivity index (χ0) is 23.5. The van der Waals surface area contributed by atoms with Crippen molar-refractivity contribution in [3.63, 3.8) is 0 Å². The van der Waals surface area contributed by atoms with Gasteiger partial charge in [-0.25, -0.2) is 9.18 Å². The number of carbonyl (C=O) groups is 2. The van der Waals surface area contributed by atoms with Gasteiger partial charge in [-0.2, -0.15) is 0 Å². The zero-order valence-electron chi connectivity index (χ0n) is 18.7. The smallest absolute Gasteiger partial charge is 0.355 e. The van der Waals surface area contributed by atoms with Crippen LogP contribution < -0.4 is 9.47 Å². The predicted molar refractivity (Wildman–Crippen MR) is 119 cm³/mol. The van der Waals surface area contributed by atoms with E-state index >= 15 is 0 Å². The number of halogens is 1. The number of esters is 1. The molecule has 4 rings (SSSR count). The van der Waals surface area contributed by atoms with Gasteiger partial charge in [0.15, 0.2) is 11.5 Å². The van der Waals surface area contributed by atoms with Crippen LogP contribution in [0.3, 0.4) is 0 Å². The highest BCUT2D eigenvalue weighted by atomic mass is 19.1. The average Bonchev–Trinajstić information content (AvgIpc) is 3.38. The SMILES string of the molecule is CCOC(=O)c1[nH]c(C)c(CN(Cc2ccc3c(c2)OCO3)C(=O)c2ccccc2F)c1C. The summed E-state index contributed by atoms with van der Waals surface area (Å²) >= 11 is 0. The minimum absolute atomic E-state index is 0.0188. The van der Waals surface area contributed by atoms with E-state index in [-0.39, 0.29) is 32.1 Å². The van der Waals surface area contributed by atoms with Crippen LogP contribution in [0.4, 0.5) is 4.39 Å². The monoisotopic (exact) mass is 452 g/mol. The largest absolute Gasteiger partial charge is 0.461 e. The molecule has 0 aliphatic carbocycles. The van der Waals surface area contributed by atoms with Crippen molar-refractivity contribution in [2.24, 2.45) is 0 Å². The number of H-pyrrole nitrogens is 1. The van der Waals surface area contributed by atoms with Crippen molar-refractivity contribution in [3.8, 4) is 11.5 Å². The van der Waals surface area contributed by atoms with E-state index in [0.29, 0.717) is 22.8 Å². The lowest BCUT2D eigenvalue weighted by molar-refractivity contribution is 0.0519. The number of rotatable bonds is 7. The summed E-state index contributed by atoms with van der Waals surface area (Å²) in [6.45, 7) is 6.17. The maximum atomic E-state index is 14.5. The Bertz CT molecular complexity index is 1200. The second-order valence-corrected chi connectivity index (χ2v) is 7.78. The Morgan fingerprint density at radius 2 is 1.85 bits per heavy atom. The molecule has 0 radical (unpaired) electrons. The van der Waals surface area contributed by atoms with E-state index in [2.05, 4.69) is 4.98 Å². The number of hydrogen-bond acceptors (Lipinski definition) is 5. The fourth-order valence-electron chi connectivity index (χ4n) is 3.89. The van der Waals surface area contributed by atoms with Crippen LogP contribution in [0.5, 0.6) is 11.5 Å². The van der Waals surface area contributed by atoms with E-state index in [1.165, 1.54) is 12.1 Å². The Balaban J connectivity index is 1.68. The lowest BCUT2D eigenvalue weighted by Gasteiger charge is -2.24. The number of aromatic nitrogens is 1. The van der Waals surface area contributed by atoms with Crippen molar-refractivity contribution in [2.75, 3.05) is 13.4 Å². The van der Waals surface area contributed by atoms with Crippen LogP contribution in [0.2, 0.25) is 0 Å². The highest BCUT2D eigenvalue weighted by Crippen LogP contribution is 2.33.